The molecule has 1 N–H and O–H groups in total. The number of carbonyl (C=O) groups excluding carboxylic acids is 1. The second-order valence-corrected chi connectivity index (χ2v) is 6.86. The Kier molecular flexibility index (Phi) is 5.00. The molecule has 2 heterocycles. The summed E-state index contributed by atoms with van der Waals surface area (Å²) in [7, 11) is 0. The standard InChI is InChI=1S/C22H18ClN3O2/c1-15-3-2-12-26-13-19(24-21(15)26)14-28-20-10-4-16(5-11-20)22(27)25-18-8-6-17(23)7-9-18/h2-13H,14H2,1H3,(H,25,27). The van der Waals surface area contributed by atoms with Crippen LogP contribution in [0.2, 0.25) is 5.02 Å². The Labute approximate surface area is 167 Å². The van der Waals surface area contributed by atoms with Crippen molar-refractivity contribution in [2.45, 2.75) is 13.5 Å². The molecule has 0 aliphatic heterocycles. The van der Waals surface area contributed by atoms with E-state index >= 15 is 0 Å². The first-order chi connectivity index (χ1) is 13.6. The van der Waals surface area contributed by atoms with Crippen molar-refractivity contribution in [3.63, 3.8) is 0 Å². The van der Waals surface area contributed by atoms with Crippen molar-refractivity contribution < 1.29 is 9.53 Å². The number of benzene rings is 2. The molecule has 0 bridgehead atoms. The van der Waals surface area contributed by atoms with Crippen molar-refractivity contribution >= 4 is 28.8 Å². The Morgan fingerprint density at radius 2 is 1.86 bits per heavy atom. The van der Waals surface area contributed by atoms with E-state index in [0.29, 0.717) is 28.6 Å². The van der Waals surface area contributed by atoms with Gasteiger partial charge >= 0.3 is 0 Å². The number of fused-ring (bicyclic) bond motifs is 1. The number of hydrogen-bond acceptors (Lipinski definition) is 3. The van der Waals surface area contributed by atoms with Crippen molar-refractivity contribution in [3.05, 3.63) is 94.9 Å². The number of imidazole rings is 1. The molecule has 2 aromatic heterocycles. The molecule has 28 heavy (non-hydrogen) atoms. The Balaban J connectivity index is 1.39. The molecule has 0 aliphatic rings. The summed E-state index contributed by atoms with van der Waals surface area (Å²) < 4.78 is 7.79. The van der Waals surface area contributed by atoms with Crippen LogP contribution in [0.3, 0.4) is 0 Å². The molecule has 0 saturated heterocycles. The number of nitrogens with one attached hydrogen (secondary N) is 1. The highest BCUT2D eigenvalue weighted by molar-refractivity contribution is 6.30. The van der Waals surface area contributed by atoms with Crippen LogP contribution in [0.25, 0.3) is 5.65 Å². The van der Waals surface area contributed by atoms with Crippen LogP contribution >= 0.6 is 11.6 Å². The molecular weight excluding hydrogens is 374 g/mol. The number of rotatable bonds is 5. The van der Waals surface area contributed by atoms with Gasteiger partial charge in [0, 0.05) is 28.7 Å². The van der Waals surface area contributed by atoms with Gasteiger partial charge in [-0.15, -0.1) is 0 Å². The number of aromatic nitrogens is 2. The number of carbonyl (C=O) groups is 1. The van der Waals surface area contributed by atoms with Gasteiger partial charge in [-0.2, -0.15) is 0 Å². The fraction of sp³-hybridized carbons (Fsp3) is 0.0909. The van der Waals surface area contributed by atoms with Crippen LogP contribution < -0.4 is 10.1 Å². The molecular formula is C22H18ClN3O2. The van der Waals surface area contributed by atoms with Crippen molar-refractivity contribution in [1.29, 1.82) is 0 Å². The van der Waals surface area contributed by atoms with E-state index in [1.807, 2.05) is 35.9 Å². The molecule has 140 valence electrons. The van der Waals surface area contributed by atoms with Gasteiger partial charge in [0.05, 0.1) is 5.69 Å². The summed E-state index contributed by atoms with van der Waals surface area (Å²) in [5.74, 6) is 0.488. The molecule has 6 heteroatoms. The zero-order chi connectivity index (χ0) is 19.5. The van der Waals surface area contributed by atoms with Gasteiger partial charge in [-0.05, 0) is 67.1 Å². The number of pyridine rings is 1. The van der Waals surface area contributed by atoms with Crippen LogP contribution in [0.1, 0.15) is 21.6 Å². The van der Waals surface area contributed by atoms with Gasteiger partial charge in [0.25, 0.3) is 5.91 Å². The largest absolute Gasteiger partial charge is 0.487 e. The molecule has 0 saturated carbocycles. The van der Waals surface area contributed by atoms with E-state index in [1.54, 1.807) is 48.5 Å². The number of ether oxygens (including phenoxy) is 1. The van der Waals surface area contributed by atoms with Crippen LogP contribution in [0.5, 0.6) is 5.75 Å². The summed E-state index contributed by atoms with van der Waals surface area (Å²) in [5.41, 5.74) is 4.13. The van der Waals surface area contributed by atoms with Gasteiger partial charge in [-0.3, -0.25) is 4.79 Å². The fourth-order valence-corrected chi connectivity index (χ4v) is 3.00. The van der Waals surface area contributed by atoms with Gasteiger partial charge in [0.15, 0.2) is 0 Å². The van der Waals surface area contributed by atoms with Crippen molar-refractivity contribution in [1.82, 2.24) is 9.38 Å². The summed E-state index contributed by atoms with van der Waals surface area (Å²) in [4.78, 5) is 16.9. The molecule has 4 rings (SSSR count). The Bertz CT molecular complexity index is 1120. The molecule has 0 unspecified atom stereocenters. The minimum atomic E-state index is -0.190. The van der Waals surface area contributed by atoms with Gasteiger partial charge in [0.2, 0.25) is 0 Å². The Morgan fingerprint density at radius 3 is 2.57 bits per heavy atom. The monoisotopic (exact) mass is 391 g/mol. The third kappa shape index (κ3) is 4.00. The highest BCUT2D eigenvalue weighted by Gasteiger charge is 2.08. The lowest BCUT2D eigenvalue weighted by Crippen LogP contribution is -2.11. The lowest BCUT2D eigenvalue weighted by molar-refractivity contribution is 0.102. The first kappa shape index (κ1) is 18.1. The van der Waals surface area contributed by atoms with E-state index in [-0.39, 0.29) is 5.91 Å². The van der Waals surface area contributed by atoms with Crippen LogP contribution in [0.15, 0.2) is 73.1 Å². The summed E-state index contributed by atoms with van der Waals surface area (Å²) in [6.45, 7) is 2.39. The first-order valence-electron chi connectivity index (χ1n) is 8.81. The minimum Gasteiger partial charge on any atom is -0.487 e. The van der Waals surface area contributed by atoms with Crippen LogP contribution in [0.4, 0.5) is 5.69 Å². The minimum absolute atomic E-state index is 0.190. The molecule has 0 atom stereocenters. The lowest BCUT2D eigenvalue weighted by Gasteiger charge is -2.07. The SMILES string of the molecule is Cc1cccn2cc(COc3ccc(C(=O)Nc4ccc(Cl)cc4)cc3)nc12. The first-order valence-corrected chi connectivity index (χ1v) is 9.19. The van der Waals surface area contributed by atoms with Gasteiger partial charge in [0.1, 0.15) is 18.0 Å². The molecule has 4 aromatic rings. The highest BCUT2D eigenvalue weighted by atomic mass is 35.5. The van der Waals surface area contributed by atoms with E-state index in [9.17, 15) is 4.79 Å². The summed E-state index contributed by atoms with van der Waals surface area (Å²) in [5, 5.41) is 3.46. The summed E-state index contributed by atoms with van der Waals surface area (Å²) >= 11 is 5.85. The van der Waals surface area contributed by atoms with Crippen LogP contribution in [-0.4, -0.2) is 15.3 Å². The predicted molar refractivity (Wildman–Crippen MR) is 110 cm³/mol. The van der Waals surface area contributed by atoms with Crippen LogP contribution in [0, 0.1) is 6.92 Å². The smallest absolute Gasteiger partial charge is 0.255 e. The molecule has 5 nitrogen and oxygen atoms in total. The van der Waals surface area contributed by atoms with E-state index < -0.39 is 0 Å². The van der Waals surface area contributed by atoms with Gasteiger partial charge in [-0.25, -0.2) is 4.98 Å². The molecule has 0 aliphatic carbocycles. The maximum Gasteiger partial charge on any atom is 0.255 e. The normalized spacial score (nSPS) is 10.8. The van der Waals surface area contributed by atoms with E-state index in [0.717, 1.165) is 16.9 Å². The number of halogens is 1. The third-order valence-corrected chi connectivity index (χ3v) is 4.59. The number of anilines is 1. The molecule has 0 fully saturated rings. The zero-order valence-electron chi connectivity index (χ0n) is 15.2. The zero-order valence-corrected chi connectivity index (χ0v) is 16.0. The summed E-state index contributed by atoms with van der Waals surface area (Å²) in [6, 6.07) is 18.0. The fourth-order valence-electron chi connectivity index (χ4n) is 2.87. The second kappa shape index (κ2) is 7.74. The number of aryl methyl sites for hydroxylation is 1. The summed E-state index contributed by atoms with van der Waals surface area (Å²) in [6.07, 6.45) is 3.92. The van der Waals surface area contributed by atoms with E-state index in [2.05, 4.69) is 10.3 Å². The Morgan fingerprint density at radius 1 is 1.11 bits per heavy atom. The van der Waals surface area contributed by atoms with Gasteiger partial charge < -0.3 is 14.5 Å². The third-order valence-electron chi connectivity index (χ3n) is 4.33. The van der Waals surface area contributed by atoms with Crippen molar-refractivity contribution in [2.75, 3.05) is 5.32 Å². The van der Waals surface area contributed by atoms with Gasteiger partial charge in [-0.1, -0.05) is 17.7 Å². The van der Waals surface area contributed by atoms with Crippen molar-refractivity contribution in [2.24, 2.45) is 0 Å². The maximum atomic E-state index is 12.3. The maximum absolute atomic E-state index is 12.3. The Hall–Kier alpha value is -3.31. The van der Waals surface area contributed by atoms with Crippen LogP contribution in [-0.2, 0) is 6.61 Å². The average molecular weight is 392 g/mol. The quantitative estimate of drug-likeness (QED) is 0.513. The van der Waals surface area contributed by atoms with Crippen molar-refractivity contribution in [3.8, 4) is 5.75 Å². The second-order valence-electron chi connectivity index (χ2n) is 6.43. The number of amides is 1. The molecule has 0 radical (unpaired) electrons. The highest BCUT2D eigenvalue weighted by Crippen LogP contribution is 2.18. The molecule has 1 amide bonds. The lowest BCUT2D eigenvalue weighted by atomic mass is 10.2. The topological polar surface area (TPSA) is 55.6 Å². The number of nitrogens with zero attached hydrogens (tertiary/aromatic N) is 2. The van der Waals surface area contributed by atoms with E-state index in [4.69, 9.17) is 16.3 Å². The number of hydrogen-bond donors (Lipinski definition) is 1. The average Bonchev–Trinajstić information content (AvgIpc) is 3.13. The molecule has 2 aromatic carbocycles. The molecule has 0 spiro atoms. The van der Waals surface area contributed by atoms with E-state index in [1.165, 1.54) is 0 Å². The predicted octanol–water partition coefficient (Wildman–Crippen LogP) is 5.13.